The number of fused-ring (bicyclic) bond motifs is 1. The molecular formula is C15H18FN3. The van der Waals surface area contributed by atoms with Crippen LogP contribution in [0.2, 0.25) is 0 Å². The molecular weight excluding hydrogens is 241 g/mol. The highest BCUT2D eigenvalue weighted by molar-refractivity contribution is 5.76. The van der Waals surface area contributed by atoms with Crippen molar-refractivity contribution in [1.29, 1.82) is 0 Å². The second kappa shape index (κ2) is 4.04. The van der Waals surface area contributed by atoms with Gasteiger partial charge in [0.2, 0.25) is 0 Å². The maximum absolute atomic E-state index is 13.5. The predicted octanol–water partition coefficient (Wildman–Crippen LogP) is 3.11. The SMILES string of the molecule is N[C@H]1CC[C@@H](c2nc3ccc(F)cc3n2C2CC2)C1. The van der Waals surface area contributed by atoms with Crippen LogP contribution in [0.15, 0.2) is 18.2 Å². The molecule has 1 heterocycles. The Labute approximate surface area is 111 Å². The molecule has 2 aliphatic carbocycles. The largest absolute Gasteiger partial charge is 0.328 e. The maximum atomic E-state index is 13.5. The van der Waals surface area contributed by atoms with Gasteiger partial charge in [-0.3, -0.25) is 0 Å². The lowest BCUT2D eigenvalue weighted by Gasteiger charge is -2.13. The number of aromatic nitrogens is 2. The van der Waals surface area contributed by atoms with Crippen molar-refractivity contribution in [1.82, 2.24) is 9.55 Å². The Morgan fingerprint density at radius 2 is 2.05 bits per heavy atom. The first-order valence-corrected chi connectivity index (χ1v) is 7.15. The van der Waals surface area contributed by atoms with Gasteiger partial charge in [0.15, 0.2) is 0 Å². The molecule has 0 saturated heterocycles. The van der Waals surface area contributed by atoms with Crippen molar-refractivity contribution in [3.63, 3.8) is 0 Å². The summed E-state index contributed by atoms with van der Waals surface area (Å²) < 4.78 is 15.8. The highest BCUT2D eigenvalue weighted by atomic mass is 19.1. The molecule has 0 bridgehead atoms. The third kappa shape index (κ3) is 1.86. The summed E-state index contributed by atoms with van der Waals surface area (Å²) in [6.07, 6.45) is 5.58. The third-order valence-electron chi connectivity index (χ3n) is 4.43. The van der Waals surface area contributed by atoms with Crippen LogP contribution in [-0.2, 0) is 0 Å². The summed E-state index contributed by atoms with van der Waals surface area (Å²) in [5, 5.41) is 0. The van der Waals surface area contributed by atoms with Crippen LogP contribution < -0.4 is 5.73 Å². The lowest BCUT2D eigenvalue weighted by molar-refractivity contribution is 0.590. The van der Waals surface area contributed by atoms with E-state index >= 15 is 0 Å². The smallest absolute Gasteiger partial charge is 0.125 e. The standard InChI is InChI=1S/C15H18FN3/c16-10-2-6-13-14(8-10)19(12-4-5-12)15(18-13)9-1-3-11(17)7-9/h2,6,8-9,11-12H,1,3-5,7,17H2/t9-,11+/m1/s1. The van der Waals surface area contributed by atoms with Crippen LogP contribution in [0.25, 0.3) is 11.0 Å². The minimum Gasteiger partial charge on any atom is -0.328 e. The summed E-state index contributed by atoms with van der Waals surface area (Å²) in [5.41, 5.74) is 7.90. The van der Waals surface area contributed by atoms with Crippen molar-refractivity contribution in [2.45, 2.75) is 50.1 Å². The fraction of sp³-hybridized carbons (Fsp3) is 0.533. The molecule has 2 N–H and O–H groups in total. The number of hydrogen-bond acceptors (Lipinski definition) is 2. The Balaban J connectivity index is 1.87. The fourth-order valence-corrected chi connectivity index (χ4v) is 3.34. The van der Waals surface area contributed by atoms with Crippen molar-refractivity contribution in [3.05, 3.63) is 29.8 Å². The summed E-state index contributed by atoms with van der Waals surface area (Å²) in [4.78, 5) is 4.77. The third-order valence-corrected chi connectivity index (χ3v) is 4.43. The van der Waals surface area contributed by atoms with Gasteiger partial charge < -0.3 is 10.3 Å². The minimum absolute atomic E-state index is 0.177. The number of rotatable bonds is 2. The molecule has 3 nitrogen and oxygen atoms in total. The van der Waals surface area contributed by atoms with E-state index in [1.807, 2.05) is 0 Å². The van der Waals surface area contributed by atoms with Crippen LogP contribution in [-0.4, -0.2) is 15.6 Å². The molecule has 100 valence electrons. The van der Waals surface area contributed by atoms with Crippen LogP contribution >= 0.6 is 0 Å². The molecule has 0 radical (unpaired) electrons. The zero-order valence-electron chi connectivity index (χ0n) is 10.8. The van der Waals surface area contributed by atoms with Crippen molar-refractivity contribution in [3.8, 4) is 0 Å². The van der Waals surface area contributed by atoms with Crippen LogP contribution in [0.3, 0.4) is 0 Å². The molecule has 19 heavy (non-hydrogen) atoms. The second-order valence-electron chi connectivity index (χ2n) is 5.97. The Bertz CT molecular complexity index is 630. The first-order valence-electron chi connectivity index (χ1n) is 7.15. The van der Waals surface area contributed by atoms with Crippen LogP contribution in [0.4, 0.5) is 4.39 Å². The number of hydrogen-bond donors (Lipinski definition) is 1. The molecule has 0 amide bonds. The normalized spacial score (nSPS) is 27.3. The van der Waals surface area contributed by atoms with Crippen LogP contribution in [0.5, 0.6) is 0 Å². The summed E-state index contributed by atoms with van der Waals surface area (Å²) in [6, 6.07) is 5.74. The van der Waals surface area contributed by atoms with E-state index in [-0.39, 0.29) is 5.82 Å². The fourth-order valence-electron chi connectivity index (χ4n) is 3.34. The molecule has 2 saturated carbocycles. The number of imidazole rings is 1. The molecule has 2 aliphatic rings. The first kappa shape index (κ1) is 11.4. The van der Waals surface area contributed by atoms with E-state index in [4.69, 9.17) is 10.7 Å². The van der Waals surface area contributed by atoms with Crippen LogP contribution in [0.1, 0.15) is 49.9 Å². The van der Waals surface area contributed by atoms with Gasteiger partial charge >= 0.3 is 0 Å². The molecule has 4 heteroatoms. The van der Waals surface area contributed by atoms with Crippen molar-refractivity contribution in [2.75, 3.05) is 0 Å². The average Bonchev–Trinajstić information content (AvgIpc) is 3.02. The van der Waals surface area contributed by atoms with Gasteiger partial charge in [-0.2, -0.15) is 0 Å². The second-order valence-corrected chi connectivity index (χ2v) is 5.97. The van der Waals surface area contributed by atoms with Crippen molar-refractivity contribution >= 4 is 11.0 Å². The molecule has 0 aliphatic heterocycles. The molecule has 0 unspecified atom stereocenters. The van der Waals surface area contributed by atoms with Crippen molar-refractivity contribution in [2.24, 2.45) is 5.73 Å². The van der Waals surface area contributed by atoms with Gasteiger partial charge in [-0.25, -0.2) is 9.37 Å². The quantitative estimate of drug-likeness (QED) is 0.900. The summed E-state index contributed by atoms with van der Waals surface area (Å²) in [6.45, 7) is 0. The van der Waals surface area contributed by atoms with Gasteiger partial charge in [0.05, 0.1) is 11.0 Å². The Kier molecular flexibility index (Phi) is 2.42. The Hall–Kier alpha value is -1.42. The number of nitrogens with two attached hydrogens (primary N) is 1. The summed E-state index contributed by atoms with van der Waals surface area (Å²) in [7, 11) is 0. The predicted molar refractivity (Wildman–Crippen MR) is 72.5 cm³/mol. The van der Waals surface area contributed by atoms with Crippen molar-refractivity contribution < 1.29 is 4.39 Å². The molecule has 1 aromatic carbocycles. The molecule has 0 spiro atoms. The molecule has 2 aromatic rings. The molecule has 1 aromatic heterocycles. The summed E-state index contributed by atoms with van der Waals surface area (Å²) in [5.74, 6) is 1.41. The van der Waals surface area contributed by atoms with Gasteiger partial charge in [0, 0.05) is 18.0 Å². The maximum Gasteiger partial charge on any atom is 0.125 e. The number of nitrogens with zero attached hydrogens (tertiary/aromatic N) is 2. The van der Waals surface area contributed by atoms with E-state index in [1.54, 1.807) is 12.1 Å². The first-order chi connectivity index (χ1) is 9.22. The van der Waals surface area contributed by atoms with Crippen LogP contribution in [0, 0.1) is 5.82 Å². The zero-order chi connectivity index (χ0) is 13.0. The van der Waals surface area contributed by atoms with E-state index in [1.165, 1.54) is 18.9 Å². The lowest BCUT2D eigenvalue weighted by Crippen LogP contribution is -2.15. The molecule has 4 rings (SSSR count). The summed E-state index contributed by atoms with van der Waals surface area (Å²) >= 11 is 0. The van der Waals surface area contributed by atoms with Gasteiger partial charge in [0.25, 0.3) is 0 Å². The Morgan fingerprint density at radius 1 is 1.21 bits per heavy atom. The minimum atomic E-state index is -0.177. The molecule has 2 fully saturated rings. The zero-order valence-corrected chi connectivity index (χ0v) is 10.8. The van der Waals surface area contributed by atoms with E-state index < -0.39 is 0 Å². The highest BCUT2D eigenvalue weighted by Gasteiger charge is 2.33. The Morgan fingerprint density at radius 3 is 2.74 bits per heavy atom. The van der Waals surface area contributed by atoms with Gasteiger partial charge in [0.1, 0.15) is 11.6 Å². The monoisotopic (exact) mass is 259 g/mol. The highest BCUT2D eigenvalue weighted by Crippen LogP contribution is 2.43. The van der Waals surface area contributed by atoms with Gasteiger partial charge in [-0.15, -0.1) is 0 Å². The van der Waals surface area contributed by atoms with E-state index in [0.29, 0.717) is 18.0 Å². The lowest BCUT2D eigenvalue weighted by atomic mass is 10.1. The number of halogens is 1. The topological polar surface area (TPSA) is 43.8 Å². The van der Waals surface area contributed by atoms with E-state index in [9.17, 15) is 4.39 Å². The molecule has 2 atom stereocenters. The van der Waals surface area contributed by atoms with Gasteiger partial charge in [-0.05, 0) is 50.3 Å². The average molecular weight is 259 g/mol. The van der Waals surface area contributed by atoms with E-state index in [0.717, 1.165) is 36.1 Å². The van der Waals surface area contributed by atoms with E-state index in [2.05, 4.69) is 4.57 Å². The number of benzene rings is 1. The van der Waals surface area contributed by atoms with Gasteiger partial charge in [-0.1, -0.05) is 0 Å².